The first-order valence-electron chi connectivity index (χ1n) is 14.1. The van der Waals surface area contributed by atoms with Crippen LogP contribution >= 0.6 is 0 Å². The second-order valence-electron chi connectivity index (χ2n) is 11.8. The summed E-state index contributed by atoms with van der Waals surface area (Å²) in [6, 6.07) is 2.84. The molecule has 232 valence electrons. The Bertz CT molecular complexity index is 1020. The van der Waals surface area contributed by atoms with Crippen LogP contribution in [0.1, 0.15) is 92.6 Å². The number of hydrogen-bond donors (Lipinski definition) is 2. The number of carboxylic acid groups (broad SMARTS) is 1. The largest absolute Gasteiger partial charge is 0.513 e. The quantitative estimate of drug-likeness (QED) is 0.141. The molecule has 0 aliphatic rings. The first-order chi connectivity index (χ1) is 19.1. The summed E-state index contributed by atoms with van der Waals surface area (Å²) in [5, 5.41) is 9.70. The molecule has 0 aromatic heterocycles. The Labute approximate surface area is 243 Å². The van der Waals surface area contributed by atoms with Crippen LogP contribution in [0.25, 0.3) is 0 Å². The molecule has 0 fully saturated rings. The average Bonchev–Trinajstić information content (AvgIpc) is 2.88. The van der Waals surface area contributed by atoms with Crippen molar-refractivity contribution in [3.63, 3.8) is 0 Å². The highest BCUT2D eigenvalue weighted by molar-refractivity contribution is 5.75. The van der Waals surface area contributed by atoms with E-state index < -0.39 is 42.3 Å². The summed E-state index contributed by atoms with van der Waals surface area (Å²) in [6.45, 7) is 15.3. The van der Waals surface area contributed by atoms with Gasteiger partial charge in [0.15, 0.2) is 11.5 Å². The molecule has 0 bridgehead atoms. The minimum Gasteiger partial charge on any atom is -0.480 e. The summed E-state index contributed by atoms with van der Waals surface area (Å²) < 4.78 is 26.5. The van der Waals surface area contributed by atoms with E-state index in [1.54, 1.807) is 6.92 Å². The molecule has 0 aliphatic carbocycles. The van der Waals surface area contributed by atoms with Gasteiger partial charge in [-0.2, -0.15) is 0 Å². The maximum Gasteiger partial charge on any atom is 0.513 e. The van der Waals surface area contributed by atoms with Crippen LogP contribution in [0.3, 0.4) is 0 Å². The topological polar surface area (TPSA) is 161 Å². The minimum absolute atomic E-state index is 0.0679. The molecular formula is C30H47NO10. The fourth-order valence-corrected chi connectivity index (χ4v) is 3.58. The average molecular weight is 582 g/mol. The van der Waals surface area contributed by atoms with E-state index in [1.165, 1.54) is 18.2 Å². The van der Waals surface area contributed by atoms with Crippen molar-refractivity contribution in [2.24, 2.45) is 23.0 Å². The second kappa shape index (κ2) is 16.8. The molecule has 1 aromatic carbocycles. The fourth-order valence-electron chi connectivity index (χ4n) is 3.58. The molecule has 1 rings (SSSR count). The third kappa shape index (κ3) is 13.7. The number of carboxylic acids is 1. The highest BCUT2D eigenvalue weighted by Crippen LogP contribution is 2.35. The van der Waals surface area contributed by atoms with Gasteiger partial charge in [0.1, 0.15) is 6.04 Å². The van der Waals surface area contributed by atoms with Gasteiger partial charge in [-0.25, -0.2) is 9.59 Å². The van der Waals surface area contributed by atoms with Crippen molar-refractivity contribution in [3.05, 3.63) is 23.8 Å². The number of carbonyl (C=O) groups excluding carboxylic acids is 3. The van der Waals surface area contributed by atoms with E-state index >= 15 is 0 Å². The molecule has 0 heterocycles. The molecule has 0 spiro atoms. The van der Waals surface area contributed by atoms with E-state index in [0.717, 1.165) is 12.8 Å². The van der Waals surface area contributed by atoms with Gasteiger partial charge in [-0.05, 0) is 48.3 Å². The number of benzene rings is 1. The van der Waals surface area contributed by atoms with Gasteiger partial charge in [-0.1, -0.05) is 67.4 Å². The summed E-state index contributed by atoms with van der Waals surface area (Å²) in [4.78, 5) is 49.0. The minimum atomic E-state index is -1.38. The zero-order chi connectivity index (χ0) is 31.3. The molecule has 11 nitrogen and oxygen atoms in total. The first kappa shape index (κ1) is 35.7. The molecule has 0 aliphatic heterocycles. The molecule has 1 aromatic rings. The smallest absolute Gasteiger partial charge is 0.480 e. The number of aliphatic carboxylic acids is 1. The standard InChI is InChI=1S/C30H47NO10/c1-9-18(3)16-37-28(35)40-23-12-11-21(14-24(23)41-29(36)38-17-19(4)10-2)22(26(31)27(33)34)13-20(5)39-25(32)15-30(6,7)8/h11-12,14,18-20,22,26H,9-10,13,15-17,31H2,1-8H3,(H,33,34)/t18?,19?,20?,22?,26-/m0/s1. The summed E-state index contributed by atoms with van der Waals surface area (Å²) in [6.07, 6.45) is -0.851. The SMILES string of the molecule is CCC(C)COC(=O)Oc1ccc(C(CC(C)OC(=O)CC(C)(C)C)[C@H](N)C(=O)O)cc1OC(=O)OCC(C)CC. The van der Waals surface area contributed by atoms with E-state index in [4.69, 9.17) is 29.4 Å². The Kier molecular flexibility index (Phi) is 14.6. The van der Waals surface area contributed by atoms with E-state index in [0.29, 0.717) is 5.56 Å². The maximum absolute atomic E-state index is 12.5. The van der Waals surface area contributed by atoms with Gasteiger partial charge >= 0.3 is 24.2 Å². The van der Waals surface area contributed by atoms with Gasteiger partial charge in [0.25, 0.3) is 0 Å². The van der Waals surface area contributed by atoms with Crippen LogP contribution in [-0.4, -0.2) is 54.7 Å². The number of rotatable bonds is 15. The Balaban J connectivity index is 3.30. The van der Waals surface area contributed by atoms with Gasteiger partial charge in [0, 0.05) is 5.92 Å². The number of nitrogens with two attached hydrogens (primary N) is 1. The van der Waals surface area contributed by atoms with Crippen molar-refractivity contribution in [3.8, 4) is 11.5 Å². The van der Waals surface area contributed by atoms with Gasteiger partial charge in [-0.15, -0.1) is 0 Å². The van der Waals surface area contributed by atoms with E-state index in [1.807, 2.05) is 48.5 Å². The Morgan fingerprint density at radius 3 is 1.85 bits per heavy atom. The highest BCUT2D eigenvalue weighted by atomic mass is 16.7. The number of esters is 1. The molecule has 4 unspecified atom stereocenters. The molecular weight excluding hydrogens is 534 g/mol. The normalized spacial score (nSPS) is 15.0. The maximum atomic E-state index is 12.5. The van der Waals surface area contributed by atoms with Crippen LogP contribution in [0.15, 0.2) is 18.2 Å². The summed E-state index contributed by atoms with van der Waals surface area (Å²) in [5.41, 5.74) is 6.12. The number of carbonyl (C=O) groups is 4. The first-order valence-corrected chi connectivity index (χ1v) is 14.1. The Morgan fingerprint density at radius 2 is 1.39 bits per heavy atom. The predicted octanol–water partition coefficient (Wildman–Crippen LogP) is 6.06. The van der Waals surface area contributed by atoms with Crippen LogP contribution in [0.5, 0.6) is 11.5 Å². The molecule has 3 N–H and O–H groups in total. The zero-order valence-corrected chi connectivity index (χ0v) is 25.6. The lowest BCUT2D eigenvalue weighted by molar-refractivity contribution is -0.150. The lowest BCUT2D eigenvalue weighted by Crippen LogP contribution is -2.38. The van der Waals surface area contributed by atoms with Gasteiger partial charge in [0.05, 0.1) is 25.7 Å². The molecule has 0 saturated heterocycles. The third-order valence-electron chi connectivity index (χ3n) is 6.46. The molecule has 41 heavy (non-hydrogen) atoms. The predicted molar refractivity (Wildman–Crippen MR) is 152 cm³/mol. The summed E-state index contributed by atoms with van der Waals surface area (Å²) >= 11 is 0. The third-order valence-corrected chi connectivity index (χ3v) is 6.46. The van der Waals surface area contributed by atoms with Crippen molar-refractivity contribution < 1.29 is 48.0 Å². The van der Waals surface area contributed by atoms with Gasteiger partial charge < -0.3 is 34.5 Å². The Morgan fingerprint density at radius 1 is 0.878 bits per heavy atom. The summed E-state index contributed by atoms with van der Waals surface area (Å²) in [7, 11) is 0. The van der Waals surface area contributed by atoms with Crippen LogP contribution in [0, 0.1) is 17.3 Å². The lowest BCUT2D eigenvalue weighted by atomic mass is 9.86. The molecule has 0 saturated carbocycles. The molecule has 0 radical (unpaired) electrons. The van der Waals surface area contributed by atoms with Crippen molar-refractivity contribution in [1.82, 2.24) is 0 Å². The Hall–Kier alpha value is -3.34. The number of hydrogen-bond acceptors (Lipinski definition) is 10. The molecule has 5 atom stereocenters. The van der Waals surface area contributed by atoms with Crippen molar-refractivity contribution in [2.45, 2.75) is 99.1 Å². The number of ether oxygens (including phenoxy) is 5. The molecule has 0 amide bonds. The zero-order valence-electron chi connectivity index (χ0n) is 25.6. The van der Waals surface area contributed by atoms with Crippen LogP contribution in [-0.2, 0) is 23.8 Å². The van der Waals surface area contributed by atoms with Crippen LogP contribution < -0.4 is 15.2 Å². The van der Waals surface area contributed by atoms with Gasteiger partial charge in [0.2, 0.25) is 0 Å². The van der Waals surface area contributed by atoms with E-state index in [-0.39, 0.29) is 54.8 Å². The van der Waals surface area contributed by atoms with E-state index in [9.17, 15) is 24.3 Å². The highest BCUT2D eigenvalue weighted by Gasteiger charge is 2.31. The van der Waals surface area contributed by atoms with Crippen LogP contribution in [0.4, 0.5) is 9.59 Å². The molecule has 11 heteroatoms. The van der Waals surface area contributed by atoms with E-state index in [2.05, 4.69) is 0 Å². The summed E-state index contributed by atoms with van der Waals surface area (Å²) in [5.74, 6) is -2.63. The van der Waals surface area contributed by atoms with Crippen LogP contribution in [0.2, 0.25) is 0 Å². The fraction of sp³-hybridized carbons (Fsp3) is 0.667. The second-order valence-corrected chi connectivity index (χ2v) is 11.8. The lowest BCUT2D eigenvalue weighted by Gasteiger charge is -2.26. The van der Waals surface area contributed by atoms with Crippen molar-refractivity contribution >= 4 is 24.2 Å². The van der Waals surface area contributed by atoms with Gasteiger partial charge in [-0.3, -0.25) is 9.59 Å². The monoisotopic (exact) mass is 581 g/mol. The van der Waals surface area contributed by atoms with Crippen molar-refractivity contribution in [1.29, 1.82) is 0 Å². The van der Waals surface area contributed by atoms with Crippen molar-refractivity contribution in [2.75, 3.05) is 13.2 Å².